The van der Waals surface area contributed by atoms with Crippen LogP contribution in [0.1, 0.15) is 25.0 Å². The fourth-order valence-corrected chi connectivity index (χ4v) is 3.07. The lowest BCUT2D eigenvalue weighted by molar-refractivity contribution is -0.117. The number of anilines is 1. The summed E-state index contributed by atoms with van der Waals surface area (Å²) in [7, 11) is 2.03. The van der Waals surface area contributed by atoms with E-state index in [0.717, 1.165) is 31.6 Å². The van der Waals surface area contributed by atoms with Crippen LogP contribution in [0, 0.1) is 6.92 Å². The lowest BCUT2D eigenvalue weighted by Gasteiger charge is -2.25. The van der Waals surface area contributed by atoms with Crippen LogP contribution in [0.5, 0.6) is 0 Å². The van der Waals surface area contributed by atoms with Gasteiger partial charge in [0.15, 0.2) is 5.13 Å². The summed E-state index contributed by atoms with van der Waals surface area (Å²) in [5.74, 6) is 0.0223. The lowest BCUT2D eigenvalue weighted by Crippen LogP contribution is -2.38. The molecule has 2 rings (SSSR count). The standard InChI is InChI=1S/C13H22N4OS.ClH/c1-10-9-19-13(15-10)16-12(18)8-17(2)11-4-3-6-14-7-5-11;/h9,11,14H,3-8H2,1-2H3,(H,15,16,18);1H. The van der Waals surface area contributed by atoms with Crippen molar-refractivity contribution >= 4 is 34.8 Å². The molecule has 1 atom stereocenters. The summed E-state index contributed by atoms with van der Waals surface area (Å²) in [6, 6.07) is 0.499. The van der Waals surface area contributed by atoms with Gasteiger partial charge >= 0.3 is 0 Å². The second kappa shape index (κ2) is 8.56. The normalized spacial score (nSPS) is 19.2. The predicted molar refractivity (Wildman–Crippen MR) is 85.9 cm³/mol. The molecule has 0 radical (unpaired) electrons. The first-order valence-electron chi connectivity index (χ1n) is 6.78. The van der Waals surface area contributed by atoms with Gasteiger partial charge in [-0.3, -0.25) is 9.69 Å². The van der Waals surface area contributed by atoms with Crippen LogP contribution in [-0.4, -0.2) is 48.5 Å². The van der Waals surface area contributed by atoms with Gasteiger partial charge in [0.05, 0.1) is 12.2 Å². The van der Waals surface area contributed by atoms with Crippen molar-refractivity contribution in [3.8, 4) is 0 Å². The smallest absolute Gasteiger partial charge is 0.240 e. The molecule has 2 N–H and O–H groups in total. The molecule has 0 saturated carbocycles. The molecule has 0 spiro atoms. The number of aromatic nitrogens is 1. The van der Waals surface area contributed by atoms with E-state index in [0.29, 0.717) is 17.7 Å². The number of halogens is 1. The van der Waals surface area contributed by atoms with Crippen molar-refractivity contribution in [1.29, 1.82) is 0 Å². The monoisotopic (exact) mass is 318 g/mol. The average Bonchev–Trinajstić information content (AvgIpc) is 2.64. The molecule has 2 heterocycles. The van der Waals surface area contributed by atoms with E-state index in [1.54, 1.807) is 0 Å². The molecule has 1 fully saturated rings. The van der Waals surface area contributed by atoms with Gasteiger partial charge < -0.3 is 10.6 Å². The van der Waals surface area contributed by atoms with Crippen LogP contribution in [0.3, 0.4) is 0 Å². The highest BCUT2D eigenvalue weighted by atomic mass is 35.5. The summed E-state index contributed by atoms with van der Waals surface area (Å²) >= 11 is 1.47. The Bertz CT molecular complexity index is 418. The summed E-state index contributed by atoms with van der Waals surface area (Å²) in [5.41, 5.74) is 0.948. The Balaban J connectivity index is 0.00000200. The van der Waals surface area contributed by atoms with Crippen LogP contribution >= 0.6 is 23.7 Å². The summed E-state index contributed by atoms with van der Waals surface area (Å²) in [5, 5.41) is 8.89. The zero-order chi connectivity index (χ0) is 13.7. The molecule has 7 heteroatoms. The molecule has 1 amide bonds. The third-order valence-corrected chi connectivity index (χ3v) is 4.30. The summed E-state index contributed by atoms with van der Waals surface area (Å²) < 4.78 is 0. The van der Waals surface area contributed by atoms with E-state index in [-0.39, 0.29) is 18.3 Å². The average molecular weight is 319 g/mol. The maximum Gasteiger partial charge on any atom is 0.240 e. The zero-order valence-electron chi connectivity index (χ0n) is 12.0. The Morgan fingerprint density at radius 1 is 1.55 bits per heavy atom. The maximum atomic E-state index is 12.0. The Labute approximate surface area is 130 Å². The van der Waals surface area contributed by atoms with Crippen molar-refractivity contribution in [2.75, 3.05) is 32.0 Å². The summed E-state index contributed by atoms with van der Waals surface area (Å²) in [6.45, 7) is 4.50. The topological polar surface area (TPSA) is 57.3 Å². The molecule has 1 saturated heterocycles. The molecule has 0 aliphatic carbocycles. The van der Waals surface area contributed by atoms with Crippen molar-refractivity contribution < 1.29 is 4.79 Å². The van der Waals surface area contributed by atoms with Crippen LogP contribution in [0.25, 0.3) is 0 Å². The van der Waals surface area contributed by atoms with Gasteiger partial charge in [0.25, 0.3) is 0 Å². The first-order valence-corrected chi connectivity index (χ1v) is 7.66. The van der Waals surface area contributed by atoms with E-state index >= 15 is 0 Å². The Kier molecular flexibility index (Phi) is 7.43. The largest absolute Gasteiger partial charge is 0.317 e. The number of likely N-dealkylation sites (N-methyl/N-ethyl adjacent to an activating group) is 1. The van der Waals surface area contributed by atoms with Crippen LogP contribution in [-0.2, 0) is 4.79 Å². The maximum absolute atomic E-state index is 12.0. The number of amides is 1. The highest BCUT2D eigenvalue weighted by molar-refractivity contribution is 7.13. The number of nitrogens with zero attached hydrogens (tertiary/aromatic N) is 2. The zero-order valence-corrected chi connectivity index (χ0v) is 13.6. The minimum Gasteiger partial charge on any atom is -0.317 e. The second-order valence-corrected chi connectivity index (χ2v) is 5.95. The van der Waals surface area contributed by atoms with Crippen molar-refractivity contribution in [2.45, 2.75) is 32.2 Å². The molecule has 1 aliphatic heterocycles. The van der Waals surface area contributed by atoms with Gasteiger partial charge in [0.2, 0.25) is 5.91 Å². The van der Waals surface area contributed by atoms with Gasteiger partial charge in [-0.05, 0) is 46.3 Å². The SMILES string of the molecule is Cc1csc(NC(=O)CN(C)C2CCCNCC2)n1.Cl. The molecule has 1 aromatic heterocycles. The molecule has 1 aromatic rings. The van der Waals surface area contributed by atoms with Crippen molar-refractivity contribution in [2.24, 2.45) is 0 Å². The number of carbonyl (C=O) groups excluding carboxylic acids is 1. The molecule has 114 valence electrons. The van der Waals surface area contributed by atoms with E-state index in [4.69, 9.17) is 0 Å². The fourth-order valence-electron chi connectivity index (χ4n) is 2.37. The third kappa shape index (κ3) is 5.36. The lowest BCUT2D eigenvalue weighted by atomic mass is 10.1. The van der Waals surface area contributed by atoms with Crippen molar-refractivity contribution in [3.05, 3.63) is 11.1 Å². The van der Waals surface area contributed by atoms with Gasteiger partial charge in [-0.15, -0.1) is 23.7 Å². The Morgan fingerprint density at radius 2 is 2.35 bits per heavy atom. The number of carbonyl (C=O) groups is 1. The molecule has 0 aromatic carbocycles. The van der Waals surface area contributed by atoms with Gasteiger partial charge in [-0.1, -0.05) is 0 Å². The van der Waals surface area contributed by atoms with Gasteiger partial charge in [0, 0.05) is 11.4 Å². The molecule has 20 heavy (non-hydrogen) atoms. The molecular formula is C13H23ClN4OS. The van der Waals surface area contributed by atoms with Gasteiger partial charge in [-0.25, -0.2) is 4.98 Å². The highest BCUT2D eigenvalue weighted by Gasteiger charge is 2.19. The first-order chi connectivity index (χ1) is 9.15. The van der Waals surface area contributed by atoms with Crippen LogP contribution in [0.15, 0.2) is 5.38 Å². The van der Waals surface area contributed by atoms with Gasteiger partial charge in [-0.2, -0.15) is 0 Å². The van der Waals surface area contributed by atoms with Crippen LogP contribution in [0.2, 0.25) is 0 Å². The molecule has 1 unspecified atom stereocenters. The quantitative estimate of drug-likeness (QED) is 0.890. The van der Waals surface area contributed by atoms with Crippen LogP contribution < -0.4 is 10.6 Å². The number of thiazole rings is 1. The second-order valence-electron chi connectivity index (χ2n) is 5.09. The Hall–Kier alpha value is -0.690. The molecule has 1 aliphatic rings. The molecule has 0 bridgehead atoms. The number of hydrogen-bond donors (Lipinski definition) is 2. The van der Waals surface area contributed by atoms with Gasteiger partial charge in [0.1, 0.15) is 0 Å². The van der Waals surface area contributed by atoms with E-state index in [9.17, 15) is 4.79 Å². The highest BCUT2D eigenvalue weighted by Crippen LogP contribution is 2.15. The molecular weight excluding hydrogens is 296 g/mol. The predicted octanol–water partition coefficient (Wildman–Crippen LogP) is 1.89. The minimum atomic E-state index is 0. The number of rotatable bonds is 4. The number of nitrogens with one attached hydrogen (secondary N) is 2. The number of hydrogen-bond acceptors (Lipinski definition) is 5. The third-order valence-electron chi connectivity index (χ3n) is 3.43. The van der Waals surface area contributed by atoms with E-state index in [2.05, 4.69) is 20.5 Å². The first kappa shape index (κ1) is 17.4. The van der Waals surface area contributed by atoms with Crippen molar-refractivity contribution in [3.63, 3.8) is 0 Å². The number of aryl methyl sites for hydroxylation is 1. The van der Waals surface area contributed by atoms with E-state index in [1.165, 1.54) is 17.8 Å². The van der Waals surface area contributed by atoms with Crippen LogP contribution in [0.4, 0.5) is 5.13 Å². The fraction of sp³-hybridized carbons (Fsp3) is 0.692. The summed E-state index contributed by atoms with van der Waals surface area (Å²) in [6.07, 6.45) is 3.45. The minimum absolute atomic E-state index is 0. The summed E-state index contributed by atoms with van der Waals surface area (Å²) in [4.78, 5) is 18.4. The van der Waals surface area contributed by atoms with E-state index < -0.39 is 0 Å². The molecule has 5 nitrogen and oxygen atoms in total. The van der Waals surface area contributed by atoms with Crippen molar-refractivity contribution in [1.82, 2.24) is 15.2 Å². The Morgan fingerprint density at radius 3 is 3.05 bits per heavy atom. The van der Waals surface area contributed by atoms with E-state index in [1.807, 2.05) is 19.4 Å².